The summed E-state index contributed by atoms with van der Waals surface area (Å²) in [5.74, 6) is -1.74. The Bertz CT molecular complexity index is 905. The summed E-state index contributed by atoms with van der Waals surface area (Å²) in [4.78, 5) is 0.586. The summed E-state index contributed by atoms with van der Waals surface area (Å²) in [6.45, 7) is 0. The first kappa shape index (κ1) is 14.7. The summed E-state index contributed by atoms with van der Waals surface area (Å²) in [7, 11) is -3.90. The number of rotatable bonds is 4. The van der Waals surface area contributed by atoms with E-state index in [0.717, 1.165) is 29.5 Å². The van der Waals surface area contributed by atoms with Crippen LogP contribution in [0.25, 0.3) is 10.6 Å². The lowest BCUT2D eigenvalue weighted by molar-refractivity contribution is 0.433. The maximum absolute atomic E-state index is 13.1. The molecule has 22 heavy (non-hydrogen) atoms. The number of hydrogen-bond acceptors (Lipinski definition) is 5. The number of sulfonamides is 1. The number of aromatic nitrogens is 1. The quantitative estimate of drug-likeness (QED) is 0.788. The van der Waals surface area contributed by atoms with Crippen LogP contribution in [0, 0.1) is 11.6 Å². The molecule has 0 radical (unpaired) electrons. The van der Waals surface area contributed by atoms with E-state index in [9.17, 15) is 17.2 Å². The zero-order valence-electron chi connectivity index (χ0n) is 10.8. The number of nitrogens with zero attached hydrogens (tertiary/aromatic N) is 1. The second-order valence-corrected chi connectivity index (χ2v) is 7.22. The van der Waals surface area contributed by atoms with Crippen molar-refractivity contribution in [1.29, 1.82) is 0 Å². The number of hydrogen-bond donors (Lipinski definition) is 1. The molecule has 9 heteroatoms. The van der Waals surface area contributed by atoms with Gasteiger partial charge in [-0.25, -0.2) is 17.2 Å². The molecule has 0 bridgehead atoms. The lowest BCUT2D eigenvalue weighted by Gasteiger charge is -2.06. The third kappa shape index (κ3) is 2.85. The van der Waals surface area contributed by atoms with Crippen LogP contribution in [0.15, 0.2) is 51.3 Å². The summed E-state index contributed by atoms with van der Waals surface area (Å²) in [5, 5.41) is 3.55. The molecule has 0 unspecified atom stereocenters. The molecule has 3 rings (SSSR count). The van der Waals surface area contributed by atoms with Gasteiger partial charge in [0.15, 0.2) is 17.4 Å². The average molecular weight is 342 g/mol. The Morgan fingerprint density at radius 3 is 2.59 bits per heavy atom. The third-order valence-corrected chi connectivity index (χ3v) is 5.67. The number of nitrogens with one attached hydrogen (secondary N) is 1. The van der Waals surface area contributed by atoms with Crippen molar-refractivity contribution in [3.05, 3.63) is 54.2 Å². The molecule has 1 N–H and O–H groups in total. The van der Waals surface area contributed by atoms with Crippen LogP contribution in [0.2, 0.25) is 0 Å². The minimum Gasteiger partial charge on any atom is -0.355 e. The first-order chi connectivity index (χ1) is 10.5. The van der Waals surface area contributed by atoms with Crippen LogP contribution >= 0.6 is 11.3 Å². The Balaban J connectivity index is 1.88. The van der Waals surface area contributed by atoms with Crippen LogP contribution < -0.4 is 4.72 Å². The standard InChI is InChI=1S/C13H8F2N2O3S2/c14-9-2-1-8(7-10(9)15)17-22(18,19)13-4-3-12(21-13)11-5-6-16-20-11/h1-7,17H. The molecule has 0 spiro atoms. The van der Waals surface area contributed by atoms with Crippen molar-refractivity contribution in [3.8, 4) is 10.6 Å². The number of thiophene rings is 1. The summed E-state index contributed by atoms with van der Waals surface area (Å²) in [6, 6.07) is 7.33. The molecule has 5 nitrogen and oxygen atoms in total. The summed E-state index contributed by atoms with van der Waals surface area (Å²) in [5.41, 5.74) is -0.0616. The second-order valence-electron chi connectivity index (χ2n) is 4.23. The monoisotopic (exact) mass is 342 g/mol. The first-order valence-corrected chi connectivity index (χ1v) is 8.24. The molecule has 0 saturated carbocycles. The van der Waals surface area contributed by atoms with Gasteiger partial charge < -0.3 is 4.52 Å². The Morgan fingerprint density at radius 1 is 1.09 bits per heavy atom. The fourth-order valence-corrected chi connectivity index (χ4v) is 4.02. The summed E-state index contributed by atoms with van der Waals surface area (Å²) in [6.07, 6.45) is 1.45. The third-order valence-electron chi connectivity index (χ3n) is 2.70. The van der Waals surface area contributed by atoms with Crippen LogP contribution in [0.3, 0.4) is 0 Å². The van der Waals surface area contributed by atoms with Gasteiger partial charge in [0.1, 0.15) is 4.21 Å². The number of benzene rings is 1. The number of halogens is 2. The van der Waals surface area contributed by atoms with E-state index in [1.165, 1.54) is 12.3 Å². The Hall–Kier alpha value is -2.26. The van der Waals surface area contributed by atoms with E-state index < -0.39 is 21.7 Å². The van der Waals surface area contributed by atoms with E-state index in [2.05, 4.69) is 9.88 Å². The minimum atomic E-state index is -3.90. The molecular formula is C13H8F2N2O3S2. The Labute approximate surface area is 128 Å². The van der Waals surface area contributed by atoms with Gasteiger partial charge in [0.2, 0.25) is 0 Å². The van der Waals surface area contributed by atoms with Crippen molar-refractivity contribution < 1.29 is 21.7 Å². The zero-order chi connectivity index (χ0) is 15.7. The topological polar surface area (TPSA) is 72.2 Å². The molecule has 2 heterocycles. The van der Waals surface area contributed by atoms with Crippen LogP contribution in [0.5, 0.6) is 0 Å². The molecule has 2 aromatic heterocycles. The highest BCUT2D eigenvalue weighted by molar-refractivity contribution is 7.94. The first-order valence-electron chi connectivity index (χ1n) is 5.94. The SMILES string of the molecule is O=S(=O)(Nc1ccc(F)c(F)c1)c1ccc(-c2ccno2)s1. The van der Waals surface area contributed by atoms with Gasteiger partial charge in [-0.3, -0.25) is 4.72 Å². The van der Waals surface area contributed by atoms with Crippen molar-refractivity contribution in [1.82, 2.24) is 5.16 Å². The summed E-state index contributed by atoms with van der Waals surface area (Å²) >= 11 is 0.972. The molecule has 0 aliphatic heterocycles. The van der Waals surface area contributed by atoms with Gasteiger partial charge in [-0.2, -0.15) is 0 Å². The molecule has 0 amide bonds. The highest BCUT2D eigenvalue weighted by Crippen LogP contribution is 2.31. The average Bonchev–Trinajstić information content (AvgIpc) is 3.12. The van der Waals surface area contributed by atoms with E-state index in [1.54, 1.807) is 12.1 Å². The predicted molar refractivity (Wildman–Crippen MR) is 77.0 cm³/mol. The van der Waals surface area contributed by atoms with Gasteiger partial charge in [-0.1, -0.05) is 5.16 Å². The molecule has 1 aromatic carbocycles. The van der Waals surface area contributed by atoms with Crippen molar-refractivity contribution in [3.63, 3.8) is 0 Å². The maximum atomic E-state index is 13.1. The van der Waals surface area contributed by atoms with Crippen LogP contribution in [-0.2, 0) is 10.0 Å². The molecular weight excluding hydrogens is 334 g/mol. The van der Waals surface area contributed by atoms with Crippen LogP contribution in [0.4, 0.5) is 14.5 Å². The molecule has 3 aromatic rings. The fourth-order valence-electron chi connectivity index (χ4n) is 1.70. The Kier molecular flexibility index (Phi) is 3.67. The smallest absolute Gasteiger partial charge is 0.271 e. The van der Waals surface area contributed by atoms with E-state index in [1.807, 2.05) is 0 Å². The lowest BCUT2D eigenvalue weighted by Crippen LogP contribution is -2.11. The highest BCUT2D eigenvalue weighted by atomic mass is 32.2. The zero-order valence-corrected chi connectivity index (χ0v) is 12.4. The van der Waals surface area contributed by atoms with Crippen molar-refractivity contribution >= 4 is 27.0 Å². The van der Waals surface area contributed by atoms with Crippen LogP contribution in [-0.4, -0.2) is 13.6 Å². The number of anilines is 1. The van der Waals surface area contributed by atoms with E-state index >= 15 is 0 Å². The lowest BCUT2D eigenvalue weighted by atomic mass is 10.3. The minimum absolute atomic E-state index is 0.0173. The van der Waals surface area contributed by atoms with E-state index in [4.69, 9.17) is 4.52 Å². The van der Waals surface area contributed by atoms with Gasteiger partial charge in [0, 0.05) is 12.1 Å². The van der Waals surface area contributed by atoms with E-state index in [-0.39, 0.29) is 9.90 Å². The van der Waals surface area contributed by atoms with Gasteiger partial charge in [-0.05, 0) is 24.3 Å². The van der Waals surface area contributed by atoms with Gasteiger partial charge in [0.05, 0.1) is 16.8 Å². The van der Waals surface area contributed by atoms with E-state index in [0.29, 0.717) is 10.6 Å². The predicted octanol–water partition coefficient (Wildman–Crippen LogP) is 3.48. The molecule has 114 valence electrons. The molecule has 0 fully saturated rings. The van der Waals surface area contributed by atoms with Crippen molar-refractivity contribution in [2.24, 2.45) is 0 Å². The molecule has 0 aliphatic carbocycles. The van der Waals surface area contributed by atoms with Crippen LogP contribution in [0.1, 0.15) is 0 Å². The molecule has 0 saturated heterocycles. The fraction of sp³-hybridized carbons (Fsp3) is 0. The highest BCUT2D eigenvalue weighted by Gasteiger charge is 2.19. The molecule has 0 aliphatic rings. The largest absolute Gasteiger partial charge is 0.355 e. The second kappa shape index (κ2) is 5.50. The van der Waals surface area contributed by atoms with Gasteiger partial charge >= 0.3 is 0 Å². The summed E-state index contributed by atoms with van der Waals surface area (Å²) < 4.78 is 57.6. The Morgan fingerprint density at radius 2 is 1.91 bits per heavy atom. The van der Waals surface area contributed by atoms with Gasteiger partial charge in [-0.15, -0.1) is 11.3 Å². The maximum Gasteiger partial charge on any atom is 0.271 e. The van der Waals surface area contributed by atoms with Gasteiger partial charge in [0.25, 0.3) is 10.0 Å². The normalized spacial score (nSPS) is 11.5. The van der Waals surface area contributed by atoms with Crippen molar-refractivity contribution in [2.75, 3.05) is 4.72 Å². The molecule has 0 atom stereocenters. The van der Waals surface area contributed by atoms with Crippen molar-refractivity contribution in [2.45, 2.75) is 4.21 Å².